The molecule has 0 amide bonds. The first-order valence-electron chi connectivity index (χ1n) is 7.74. The summed E-state index contributed by atoms with van der Waals surface area (Å²) >= 11 is 0. The Balaban J connectivity index is 1.91. The van der Waals surface area contributed by atoms with Gasteiger partial charge in [0.25, 0.3) is 0 Å². The molecular weight excluding hydrogens is 240 g/mol. The number of nitrogens with zero attached hydrogens (tertiary/aromatic N) is 1. The Morgan fingerprint density at radius 2 is 2.05 bits per heavy atom. The van der Waals surface area contributed by atoms with E-state index in [4.69, 9.17) is 9.47 Å². The van der Waals surface area contributed by atoms with Gasteiger partial charge in [-0.25, -0.2) is 0 Å². The van der Waals surface area contributed by atoms with Gasteiger partial charge < -0.3 is 19.7 Å². The molecule has 1 unspecified atom stereocenters. The van der Waals surface area contributed by atoms with Crippen molar-refractivity contribution < 1.29 is 9.47 Å². The van der Waals surface area contributed by atoms with Gasteiger partial charge in [-0.1, -0.05) is 13.8 Å². The van der Waals surface area contributed by atoms with E-state index < -0.39 is 0 Å². The van der Waals surface area contributed by atoms with Crippen molar-refractivity contribution in [2.24, 2.45) is 5.92 Å². The molecule has 0 aromatic rings. The van der Waals surface area contributed by atoms with E-state index in [0.29, 0.717) is 12.6 Å². The van der Waals surface area contributed by atoms with Crippen molar-refractivity contribution >= 4 is 0 Å². The lowest BCUT2D eigenvalue weighted by Crippen LogP contribution is -2.31. The van der Waals surface area contributed by atoms with Gasteiger partial charge in [-0.2, -0.15) is 0 Å². The van der Waals surface area contributed by atoms with Crippen LogP contribution in [-0.2, 0) is 9.47 Å². The Labute approximate surface area is 118 Å². The maximum Gasteiger partial charge on any atom is 0.0700 e. The number of hydrogen-bond acceptors (Lipinski definition) is 4. The van der Waals surface area contributed by atoms with Gasteiger partial charge >= 0.3 is 0 Å². The molecule has 1 saturated heterocycles. The van der Waals surface area contributed by atoms with E-state index in [1.165, 1.54) is 39.0 Å². The zero-order valence-electron chi connectivity index (χ0n) is 13.0. The van der Waals surface area contributed by atoms with Crippen molar-refractivity contribution in [2.45, 2.75) is 39.2 Å². The number of unbranched alkanes of at least 4 members (excludes halogenated alkanes) is 1. The number of hydrogen-bond donors (Lipinski definition) is 1. The summed E-state index contributed by atoms with van der Waals surface area (Å²) in [6.45, 7) is 11.7. The van der Waals surface area contributed by atoms with Gasteiger partial charge in [0.05, 0.1) is 13.2 Å². The minimum atomic E-state index is 0.610. The van der Waals surface area contributed by atoms with E-state index in [1.807, 2.05) is 0 Å². The van der Waals surface area contributed by atoms with Gasteiger partial charge in [0.15, 0.2) is 0 Å². The topological polar surface area (TPSA) is 33.7 Å². The average Bonchev–Trinajstić information content (AvgIpc) is 2.83. The van der Waals surface area contributed by atoms with Crippen LogP contribution in [0, 0.1) is 5.92 Å². The number of rotatable bonds is 11. The molecule has 0 aromatic heterocycles. The van der Waals surface area contributed by atoms with Crippen molar-refractivity contribution in [1.29, 1.82) is 0 Å². The van der Waals surface area contributed by atoms with Gasteiger partial charge in [-0.15, -0.1) is 0 Å². The maximum absolute atomic E-state index is 5.47. The lowest BCUT2D eigenvalue weighted by Gasteiger charge is -2.17. The van der Waals surface area contributed by atoms with Crippen molar-refractivity contribution in [3.05, 3.63) is 0 Å². The summed E-state index contributed by atoms with van der Waals surface area (Å²) in [7, 11) is 1.71. The van der Waals surface area contributed by atoms with Gasteiger partial charge in [-0.05, 0) is 44.8 Å². The highest BCUT2D eigenvalue weighted by Gasteiger charge is 2.21. The minimum absolute atomic E-state index is 0.610. The van der Waals surface area contributed by atoms with Crippen LogP contribution in [-0.4, -0.2) is 64.1 Å². The number of likely N-dealkylation sites (tertiary alicyclic amines) is 1. The predicted molar refractivity (Wildman–Crippen MR) is 79.6 cm³/mol. The smallest absolute Gasteiger partial charge is 0.0700 e. The Kier molecular flexibility index (Phi) is 9.43. The summed E-state index contributed by atoms with van der Waals surface area (Å²) < 4.78 is 10.4. The summed E-state index contributed by atoms with van der Waals surface area (Å²) in [6, 6.07) is 0.610. The van der Waals surface area contributed by atoms with Gasteiger partial charge in [0.2, 0.25) is 0 Å². The third kappa shape index (κ3) is 8.58. The second-order valence-corrected chi connectivity index (χ2v) is 5.83. The third-order valence-electron chi connectivity index (χ3n) is 3.63. The summed E-state index contributed by atoms with van der Waals surface area (Å²) in [5, 5.41) is 3.55. The zero-order chi connectivity index (χ0) is 13.9. The maximum atomic E-state index is 5.47. The van der Waals surface area contributed by atoms with Crippen LogP contribution < -0.4 is 5.32 Å². The Morgan fingerprint density at radius 3 is 2.79 bits per heavy atom. The number of ether oxygens (including phenoxy) is 2. The molecular formula is C15H32N2O2. The Hall–Kier alpha value is -0.160. The molecule has 0 aliphatic carbocycles. The second-order valence-electron chi connectivity index (χ2n) is 5.83. The van der Waals surface area contributed by atoms with Gasteiger partial charge in [0, 0.05) is 26.3 Å². The Bertz CT molecular complexity index is 212. The fourth-order valence-electron chi connectivity index (χ4n) is 2.47. The van der Waals surface area contributed by atoms with Crippen LogP contribution in [0.3, 0.4) is 0 Å². The standard InChI is InChI=1S/C15H32N2O2/c1-14(2)16-12-15-6-8-17(13-15)7-4-5-9-19-11-10-18-3/h14-16H,4-13H2,1-3H3. The monoisotopic (exact) mass is 272 g/mol. The molecule has 0 spiro atoms. The number of nitrogens with one attached hydrogen (secondary N) is 1. The molecule has 114 valence electrons. The normalized spacial score (nSPS) is 20.5. The summed E-state index contributed by atoms with van der Waals surface area (Å²) in [4.78, 5) is 2.60. The van der Waals surface area contributed by atoms with E-state index in [9.17, 15) is 0 Å². The highest BCUT2D eigenvalue weighted by Crippen LogP contribution is 2.15. The lowest BCUT2D eigenvalue weighted by molar-refractivity contribution is 0.0679. The molecule has 1 atom stereocenters. The van der Waals surface area contributed by atoms with E-state index in [2.05, 4.69) is 24.1 Å². The van der Waals surface area contributed by atoms with Crippen molar-refractivity contribution in [3.63, 3.8) is 0 Å². The first kappa shape index (κ1) is 16.9. The molecule has 1 aliphatic rings. The molecule has 1 aliphatic heterocycles. The fraction of sp³-hybridized carbons (Fsp3) is 1.00. The molecule has 1 N–H and O–H groups in total. The van der Waals surface area contributed by atoms with E-state index in [0.717, 1.165) is 25.6 Å². The van der Waals surface area contributed by atoms with Crippen molar-refractivity contribution in [2.75, 3.05) is 53.1 Å². The van der Waals surface area contributed by atoms with Crippen LogP contribution >= 0.6 is 0 Å². The molecule has 4 nitrogen and oxygen atoms in total. The Morgan fingerprint density at radius 1 is 1.21 bits per heavy atom. The minimum Gasteiger partial charge on any atom is -0.382 e. The second kappa shape index (κ2) is 10.6. The number of methoxy groups -OCH3 is 1. The van der Waals surface area contributed by atoms with E-state index >= 15 is 0 Å². The van der Waals surface area contributed by atoms with Crippen LogP contribution in [0.1, 0.15) is 33.1 Å². The molecule has 0 bridgehead atoms. The van der Waals surface area contributed by atoms with Crippen molar-refractivity contribution in [1.82, 2.24) is 10.2 Å². The third-order valence-corrected chi connectivity index (χ3v) is 3.63. The SMILES string of the molecule is COCCOCCCCN1CCC(CNC(C)C)C1. The molecule has 0 radical (unpaired) electrons. The summed E-state index contributed by atoms with van der Waals surface area (Å²) in [6.07, 6.45) is 3.76. The molecule has 0 saturated carbocycles. The van der Waals surface area contributed by atoms with Crippen LogP contribution in [0.5, 0.6) is 0 Å². The zero-order valence-corrected chi connectivity index (χ0v) is 13.0. The van der Waals surface area contributed by atoms with E-state index in [1.54, 1.807) is 7.11 Å². The molecule has 1 rings (SSSR count). The largest absolute Gasteiger partial charge is 0.382 e. The van der Waals surface area contributed by atoms with Crippen LogP contribution in [0.2, 0.25) is 0 Å². The molecule has 1 fully saturated rings. The molecule has 1 heterocycles. The van der Waals surface area contributed by atoms with Crippen LogP contribution in [0.4, 0.5) is 0 Å². The molecule has 0 aromatic carbocycles. The lowest BCUT2D eigenvalue weighted by atomic mass is 10.1. The van der Waals surface area contributed by atoms with Crippen LogP contribution in [0.25, 0.3) is 0 Å². The average molecular weight is 272 g/mol. The van der Waals surface area contributed by atoms with Gasteiger partial charge in [0.1, 0.15) is 0 Å². The van der Waals surface area contributed by atoms with E-state index in [-0.39, 0.29) is 0 Å². The highest BCUT2D eigenvalue weighted by molar-refractivity contribution is 4.77. The predicted octanol–water partition coefficient (Wildman–Crippen LogP) is 1.75. The molecule has 4 heteroatoms. The van der Waals surface area contributed by atoms with Crippen LogP contribution in [0.15, 0.2) is 0 Å². The first-order chi connectivity index (χ1) is 9.22. The quantitative estimate of drug-likeness (QED) is 0.581. The highest BCUT2D eigenvalue weighted by atomic mass is 16.5. The van der Waals surface area contributed by atoms with Gasteiger partial charge in [-0.3, -0.25) is 0 Å². The van der Waals surface area contributed by atoms with Crippen molar-refractivity contribution in [3.8, 4) is 0 Å². The first-order valence-corrected chi connectivity index (χ1v) is 7.74. The fourth-order valence-corrected chi connectivity index (χ4v) is 2.47. The summed E-state index contributed by atoms with van der Waals surface area (Å²) in [5.41, 5.74) is 0. The summed E-state index contributed by atoms with van der Waals surface area (Å²) in [5.74, 6) is 0.848. The molecule has 19 heavy (non-hydrogen) atoms.